The number of benzene rings is 1. The Bertz CT molecular complexity index is 716. The first kappa shape index (κ1) is 12.1. The molecule has 0 fully saturated rings. The molecule has 0 bridgehead atoms. The molecular formula is C13H13N5O2+2. The summed E-state index contributed by atoms with van der Waals surface area (Å²) in [6.07, 6.45) is 11.5. The van der Waals surface area contributed by atoms with Gasteiger partial charge in [-0.2, -0.15) is 9.13 Å². The quantitative estimate of drug-likeness (QED) is 0.433. The molecule has 2 aromatic heterocycles. The fourth-order valence-corrected chi connectivity index (χ4v) is 1.97. The Hall–Kier alpha value is -2.96. The van der Waals surface area contributed by atoms with Gasteiger partial charge in [0.15, 0.2) is 0 Å². The van der Waals surface area contributed by atoms with E-state index in [1.54, 1.807) is 12.1 Å². The fraction of sp³-hybridized carbons (Fsp3) is 0.0769. The number of nitrogens with zero attached hydrogens (tertiary/aromatic N) is 4. The molecule has 0 spiro atoms. The molecule has 0 saturated carbocycles. The van der Waals surface area contributed by atoms with Crippen molar-refractivity contribution >= 4 is 5.69 Å². The molecule has 100 valence electrons. The molecule has 1 N–H and O–H groups in total. The second kappa shape index (κ2) is 4.96. The second-order valence-corrected chi connectivity index (χ2v) is 4.38. The number of H-pyrrole nitrogens is 1. The molecule has 7 heteroatoms. The predicted octanol–water partition coefficient (Wildman–Crippen LogP) is 0.794. The molecule has 0 amide bonds. The van der Waals surface area contributed by atoms with Gasteiger partial charge in [-0.25, -0.2) is 4.57 Å². The van der Waals surface area contributed by atoms with Crippen LogP contribution < -0.4 is 9.13 Å². The van der Waals surface area contributed by atoms with Crippen molar-refractivity contribution in [3.05, 3.63) is 71.8 Å². The van der Waals surface area contributed by atoms with Gasteiger partial charge in [-0.1, -0.05) is 0 Å². The summed E-state index contributed by atoms with van der Waals surface area (Å²) in [7, 11) is 0. The van der Waals surface area contributed by atoms with E-state index in [9.17, 15) is 10.1 Å². The number of imidazole rings is 2. The van der Waals surface area contributed by atoms with Crippen LogP contribution in [0.5, 0.6) is 0 Å². The van der Waals surface area contributed by atoms with Crippen LogP contribution in [-0.2, 0) is 6.67 Å². The highest BCUT2D eigenvalue weighted by molar-refractivity contribution is 5.40. The first-order valence-electron chi connectivity index (χ1n) is 6.06. The lowest BCUT2D eigenvalue weighted by atomic mass is 10.3. The van der Waals surface area contributed by atoms with Gasteiger partial charge in [0.1, 0.15) is 30.5 Å². The Morgan fingerprint density at radius 2 is 2.00 bits per heavy atom. The van der Waals surface area contributed by atoms with Gasteiger partial charge in [0.25, 0.3) is 12.0 Å². The Balaban J connectivity index is 1.80. The summed E-state index contributed by atoms with van der Waals surface area (Å²) >= 11 is 0. The smallest absolute Gasteiger partial charge is 0.258 e. The summed E-state index contributed by atoms with van der Waals surface area (Å²) in [4.78, 5) is 13.2. The first-order valence-corrected chi connectivity index (χ1v) is 6.06. The van der Waals surface area contributed by atoms with Gasteiger partial charge in [-0.3, -0.25) is 15.1 Å². The van der Waals surface area contributed by atoms with Gasteiger partial charge < -0.3 is 0 Å². The van der Waals surface area contributed by atoms with Crippen molar-refractivity contribution < 1.29 is 14.1 Å². The molecule has 0 aliphatic rings. The SMILES string of the molecule is O=[N+]([O-])c1ccc(-n2cc[n+](C[n+]3cc[nH]c3)c2)cc1. The standard InChI is InChI=1S/C13H12N5O2/c19-18(20)13-3-1-12(2-4-13)17-8-7-16(11-17)10-15-6-5-14-9-15/h1-9,11H,10H2/q+1/p+1. The molecular weight excluding hydrogens is 258 g/mol. The van der Waals surface area contributed by atoms with Crippen molar-refractivity contribution in [2.24, 2.45) is 0 Å². The van der Waals surface area contributed by atoms with E-state index in [0.29, 0.717) is 6.67 Å². The maximum atomic E-state index is 10.6. The lowest BCUT2D eigenvalue weighted by molar-refractivity contribution is -0.912. The third-order valence-corrected chi connectivity index (χ3v) is 2.98. The Morgan fingerprint density at radius 1 is 1.20 bits per heavy atom. The van der Waals surface area contributed by atoms with Crippen LogP contribution in [-0.4, -0.2) is 14.5 Å². The zero-order chi connectivity index (χ0) is 13.9. The lowest BCUT2D eigenvalue weighted by Crippen LogP contribution is -2.49. The molecule has 3 rings (SSSR count). The van der Waals surface area contributed by atoms with Gasteiger partial charge in [-0.05, 0) is 12.1 Å². The summed E-state index contributed by atoms with van der Waals surface area (Å²) in [6, 6.07) is 6.46. The van der Waals surface area contributed by atoms with Crippen LogP contribution in [0.4, 0.5) is 5.69 Å². The second-order valence-electron chi connectivity index (χ2n) is 4.38. The van der Waals surface area contributed by atoms with E-state index in [1.165, 1.54) is 12.1 Å². The number of non-ortho nitro benzene ring substituents is 1. The van der Waals surface area contributed by atoms with E-state index in [2.05, 4.69) is 4.98 Å². The Labute approximate surface area is 114 Å². The highest BCUT2D eigenvalue weighted by Crippen LogP contribution is 2.14. The van der Waals surface area contributed by atoms with E-state index >= 15 is 0 Å². The number of nitro groups is 1. The summed E-state index contributed by atoms with van der Waals surface area (Å²) < 4.78 is 5.92. The molecule has 0 saturated heterocycles. The molecule has 20 heavy (non-hydrogen) atoms. The summed E-state index contributed by atoms with van der Waals surface area (Å²) in [5.41, 5.74) is 0.977. The van der Waals surface area contributed by atoms with E-state index < -0.39 is 4.92 Å². The van der Waals surface area contributed by atoms with Crippen LogP contribution in [0, 0.1) is 10.1 Å². The molecule has 7 nitrogen and oxygen atoms in total. The molecule has 0 aliphatic carbocycles. The minimum absolute atomic E-state index is 0.0941. The number of aromatic amines is 1. The van der Waals surface area contributed by atoms with Crippen molar-refractivity contribution in [1.29, 1.82) is 0 Å². The van der Waals surface area contributed by atoms with Crippen LogP contribution in [0.1, 0.15) is 0 Å². The largest absolute Gasteiger partial charge is 0.269 e. The van der Waals surface area contributed by atoms with E-state index in [1.807, 2.05) is 51.1 Å². The maximum Gasteiger partial charge on any atom is 0.269 e. The van der Waals surface area contributed by atoms with Crippen LogP contribution in [0.3, 0.4) is 0 Å². The monoisotopic (exact) mass is 271 g/mol. The fourth-order valence-electron chi connectivity index (χ4n) is 1.97. The number of nitrogens with one attached hydrogen (secondary N) is 1. The zero-order valence-corrected chi connectivity index (χ0v) is 10.6. The van der Waals surface area contributed by atoms with Crippen molar-refractivity contribution in [2.45, 2.75) is 6.67 Å². The molecule has 3 aromatic rings. The number of nitro benzene ring substituents is 1. The Kier molecular flexibility index (Phi) is 3.00. The maximum absolute atomic E-state index is 10.6. The molecule has 0 radical (unpaired) electrons. The van der Waals surface area contributed by atoms with Gasteiger partial charge in [0, 0.05) is 12.1 Å². The van der Waals surface area contributed by atoms with Gasteiger partial charge in [0.05, 0.1) is 4.92 Å². The minimum Gasteiger partial charge on any atom is -0.258 e. The van der Waals surface area contributed by atoms with Crippen molar-refractivity contribution in [3.8, 4) is 5.69 Å². The van der Waals surface area contributed by atoms with Gasteiger partial charge in [-0.15, -0.1) is 0 Å². The number of aromatic nitrogens is 4. The first-order chi connectivity index (χ1) is 9.72. The van der Waals surface area contributed by atoms with Crippen LogP contribution in [0.25, 0.3) is 5.69 Å². The summed E-state index contributed by atoms with van der Waals surface area (Å²) in [6.45, 7) is 0.698. The number of hydrogen-bond donors (Lipinski definition) is 1. The topological polar surface area (TPSA) is 71.6 Å². The minimum atomic E-state index is -0.401. The molecule has 1 aromatic carbocycles. The van der Waals surface area contributed by atoms with Gasteiger partial charge >= 0.3 is 0 Å². The van der Waals surface area contributed by atoms with E-state index in [4.69, 9.17) is 0 Å². The number of hydrogen-bond acceptors (Lipinski definition) is 2. The van der Waals surface area contributed by atoms with E-state index in [0.717, 1.165) is 5.69 Å². The highest BCUT2D eigenvalue weighted by Gasteiger charge is 2.10. The summed E-state index contributed by atoms with van der Waals surface area (Å²) in [5.74, 6) is 0. The lowest BCUT2D eigenvalue weighted by Gasteiger charge is -1.95. The Morgan fingerprint density at radius 3 is 2.65 bits per heavy atom. The highest BCUT2D eigenvalue weighted by atomic mass is 16.6. The predicted molar refractivity (Wildman–Crippen MR) is 69.0 cm³/mol. The molecule has 0 aliphatic heterocycles. The third kappa shape index (κ3) is 2.41. The van der Waals surface area contributed by atoms with Crippen LogP contribution >= 0.6 is 0 Å². The summed E-state index contributed by atoms with van der Waals surface area (Å²) in [5, 5.41) is 10.6. The van der Waals surface area contributed by atoms with Crippen LogP contribution in [0.15, 0.2) is 61.7 Å². The van der Waals surface area contributed by atoms with Crippen LogP contribution in [0.2, 0.25) is 0 Å². The molecule has 0 unspecified atom stereocenters. The number of rotatable bonds is 4. The van der Waals surface area contributed by atoms with Crippen molar-refractivity contribution in [1.82, 2.24) is 9.55 Å². The molecule has 2 heterocycles. The zero-order valence-electron chi connectivity index (χ0n) is 10.6. The average molecular weight is 271 g/mol. The average Bonchev–Trinajstić information content (AvgIpc) is 3.11. The van der Waals surface area contributed by atoms with Crippen molar-refractivity contribution in [3.63, 3.8) is 0 Å². The van der Waals surface area contributed by atoms with E-state index in [-0.39, 0.29) is 5.69 Å². The third-order valence-electron chi connectivity index (χ3n) is 2.98. The van der Waals surface area contributed by atoms with Crippen molar-refractivity contribution in [2.75, 3.05) is 0 Å². The normalized spacial score (nSPS) is 10.6. The van der Waals surface area contributed by atoms with Gasteiger partial charge in [0.2, 0.25) is 13.0 Å². The molecule has 0 atom stereocenters.